The molecule has 0 amide bonds. The van der Waals surface area contributed by atoms with Crippen molar-refractivity contribution < 1.29 is 5.11 Å². The molecule has 3 nitrogen and oxygen atoms in total. The zero-order valence-corrected chi connectivity index (χ0v) is 7.54. The Labute approximate surface area is 77.6 Å². The zero-order chi connectivity index (χ0) is 9.68. The molecule has 1 aromatic carbocycles. The summed E-state index contributed by atoms with van der Waals surface area (Å²) in [5.41, 5.74) is 2.46. The summed E-state index contributed by atoms with van der Waals surface area (Å²) in [6.07, 6.45) is 0. The van der Waals surface area contributed by atoms with E-state index >= 15 is 0 Å². The number of anilines is 1. The van der Waals surface area contributed by atoms with Crippen molar-refractivity contribution in [2.45, 2.75) is 6.92 Å². The maximum atomic E-state index is 8.79. The van der Waals surface area contributed by atoms with Gasteiger partial charge in [0.05, 0.1) is 17.9 Å². The Bertz CT molecular complexity index is 328. The minimum absolute atomic E-state index is 0.0682. The average molecular weight is 176 g/mol. The van der Waals surface area contributed by atoms with Gasteiger partial charge in [-0.2, -0.15) is 5.26 Å². The smallest absolute Gasteiger partial charge is 0.101 e. The molecule has 0 aliphatic heterocycles. The molecule has 0 unspecified atom stereocenters. The quantitative estimate of drug-likeness (QED) is 0.729. The Morgan fingerprint density at radius 1 is 1.54 bits per heavy atom. The summed E-state index contributed by atoms with van der Waals surface area (Å²) < 4.78 is 0. The minimum Gasteiger partial charge on any atom is -0.395 e. The van der Waals surface area contributed by atoms with Crippen LogP contribution in [0.15, 0.2) is 18.2 Å². The maximum absolute atomic E-state index is 8.79. The predicted octanol–water partition coefficient (Wildman–Crippen LogP) is 1.27. The molecule has 1 rings (SSSR count). The number of rotatable bonds is 3. The first-order valence-corrected chi connectivity index (χ1v) is 4.13. The SMILES string of the molecule is Cc1ccc(NCCO)c(C#N)c1. The Balaban J connectivity index is 2.88. The summed E-state index contributed by atoms with van der Waals surface area (Å²) in [5.74, 6) is 0. The molecular formula is C10H12N2O. The van der Waals surface area contributed by atoms with Gasteiger partial charge in [-0.05, 0) is 24.6 Å². The lowest BCUT2D eigenvalue weighted by Gasteiger charge is -2.06. The number of nitrogens with one attached hydrogen (secondary N) is 1. The van der Waals surface area contributed by atoms with Crippen LogP contribution < -0.4 is 5.32 Å². The second-order valence-electron chi connectivity index (χ2n) is 2.81. The molecule has 3 heteroatoms. The molecule has 0 aliphatic rings. The van der Waals surface area contributed by atoms with Crippen molar-refractivity contribution in [2.24, 2.45) is 0 Å². The Morgan fingerprint density at radius 3 is 2.92 bits per heavy atom. The largest absolute Gasteiger partial charge is 0.395 e. The Hall–Kier alpha value is -1.53. The van der Waals surface area contributed by atoms with E-state index in [4.69, 9.17) is 10.4 Å². The van der Waals surface area contributed by atoms with Gasteiger partial charge >= 0.3 is 0 Å². The third-order valence-corrected chi connectivity index (χ3v) is 1.72. The topological polar surface area (TPSA) is 56.0 Å². The molecule has 0 radical (unpaired) electrons. The summed E-state index contributed by atoms with van der Waals surface area (Å²) in [5, 5.41) is 20.4. The summed E-state index contributed by atoms with van der Waals surface area (Å²) >= 11 is 0. The highest BCUT2D eigenvalue weighted by molar-refractivity contribution is 5.58. The van der Waals surface area contributed by atoms with E-state index in [0.717, 1.165) is 11.3 Å². The van der Waals surface area contributed by atoms with Crippen LogP contribution in [-0.4, -0.2) is 18.3 Å². The van der Waals surface area contributed by atoms with E-state index in [-0.39, 0.29) is 6.61 Å². The highest BCUT2D eigenvalue weighted by atomic mass is 16.3. The zero-order valence-electron chi connectivity index (χ0n) is 7.54. The fourth-order valence-electron chi connectivity index (χ4n) is 1.10. The summed E-state index contributed by atoms with van der Waals surface area (Å²) in [7, 11) is 0. The molecule has 0 spiro atoms. The van der Waals surface area contributed by atoms with Crippen LogP contribution in [0.25, 0.3) is 0 Å². The number of nitrogens with zero attached hydrogens (tertiary/aromatic N) is 1. The van der Waals surface area contributed by atoms with Gasteiger partial charge in [0.25, 0.3) is 0 Å². The van der Waals surface area contributed by atoms with Crippen LogP contribution in [0.3, 0.4) is 0 Å². The molecule has 0 saturated carbocycles. The second kappa shape index (κ2) is 4.48. The van der Waals surface area contributed by atoms with E-state index in [1.165, 1.54) is 0 Å². The number of nitriles is 1. The lowest BCUT2D eigenvalue weighted by molar-refractivity contribution is 0.311. The van der Waals surface area contributed by atoms with Crippen molar-refractivity contribution in [3.05, 3.63) is 29.3 Å². The van der Waals surface area contributed by atoms with Gasteiger partial charge in [0.2, 0.25) is 0 Å². The lowest BCUT2D eigenvalue weighted by Crippen LogP contribution is -2.06. The number of aliphatic hydroxyl groups excluding tert-OH is 1. The fraction of sp³-hybridized carbons (Fsp3) is 0.300. The van der Waals surface area contributed by atoms with Gasteiger partial charge in [-0.25, -0.2) is 0 Å². The van der Waals surface area contributed by atoms with Gasteiger partial charge in [0.1, 0.15) is 6.07 Å². The molecule has 0 atom stereocenters. The van der Waals surface area contributed by atoms with E-state index in [0.29, 0.717) is 12.1 Å². The van der Waals surface area contributed by atoms with Crippen molar-refractivity contribution in [2.75, 3.05) is 18.5 Å². The summed E-state index contributed by atoms with van der Waals surface area (Å²) in [4.78, 5) is 0. The summed E-state index contributed by atoms with van der Waals surface area (Å²) in [6, 6.07) is 7.70. The molecule has 0 fully saturated rings. The highest BCUT2D eigenvalue weighted by Gasteiger charge is 1.99. The molecule has 13 heavy (non-hydrogen) atoms. The molecule has 0 saturated heterocycles. The first kappa shape index (κ1) is 9.56. The van der Waals surface area contributed by atoms with Crippen LogP contribution in [-0.2, 0) is 0 Å². The van der Waals surface area contributed by atoms with Crippen LogP contribution in [0.4, 0.5) is 5.69 Å². The molecule has 2 N–H and O–H groups in total. The molecule has 1 aromatic rings. The standard InChI is InChI=1S/C10H12N2O/c1-8-2-3-10(12-4-5-13)9(6-8)7-11/h2-3,6,12-13H,4-5H2,1H3. The highest BCUT2D eigenvalue weighted by Crippen LogP contribution is 2.15. The van der Waals surface area contributed by atoms with Gasteiger partial charge in [-0.15, -0.1) is 0 Å². The summed E-state index contributed by atoms with van der Waals surface area (Å²) in [6.45, 7) is 2.48. The van der Waals surface area contributed by atoms with E-state index in [1.807, 2.05) is 25.1 Å². The number of hydrogen-bond acceptors (Lipinski definition) is 3. The van der Waals surface area contributed by atoms with Crippen molar-refractivity contribution in [3.63, 3.8) is 0 Å². The third-order valence-electron chi connectivity index (χ3n) is 1.72. The van der Waals surface area contributed by atoms with E-state index in [1.54, 1.807) is 0 Å². The first-order chi connectivity index (χ1) is 6.27. The molecule has 0 aromatic heterocycles. The molecule has 68 valence electrons. The first-order valence-electron chi connectivity index (χ1n) is 4.13. The molecule has 0 aliphatic carbocycles. The van der Waals surface area contributed by atoms with Crippen LogP contribution in [0.1, 0.15) is 11.1 Å². The Kier molecular flexibility index (Phi) is 3.30. The average Bonchev–Trinajstić information content (AvgIpc) is 2.16. The molecule has 0 bridgehead atoms. The Morgan fingerprint density at radius 2 is 2.31 bits per heavy atom. The number of aliphatic hydroxyl groups is 1. The normalized spacial score (nSPS) is 9.31. The van der Waals surface area contributed by atoms with Gasteiger partial charge < -0.3 is 10.4 Å². The minimum atomic E-state index is 0.0682. The van der Waals surface area contributed by atoms with Crippen LogP contribution >= 0.6 is 0 Å². The lowest BCUT2D eigenvalue weighted by atomic mass is 10.1. The van der Waals surface area contributed by atoms with Gasteiger partial charge in [-0.1, -0.05) is 6.07 Å². The number of hydrogen-bond donors (Lipinski definition) is 2. The predicted molar refractivity (Wildman–Crippen MR) is 51.5 cm³/mol. The van der Waals surface area contributed by atoms with Gasteiger partial charge in [0, 0.05) is 6.54 Å². The van der Waals surface area contributed by atoms with Crippen LogP contribution in [0, 0.1) is 18.3 Å². The van der Waals surface area contributed by atoms with Crippen molar-refractivity contribution >= 4 is 5.69 Å². The number of aryl methyl sites for hydroxylation is 1. The fourth-order valence-corrected chi connectivity index (χ4v) is 1.10. The van der Waals surface area contributed by atoms with E-state index in [9.17, 15) is 0 Å². The molecular weight excluding hydrogens is 164 g/mol. The van der Waals surface area contributed by atoms with E-state index < -0.39 is 0 Å². The maximum Gasteiger partial charge on any atom is 0.101 e. The van der Waals surface area contributed by atoms with Gasteiger partial charge in [-0.3, -0.25) is 0 Å². The van der Waals surface area contributed by atoms with Crippen LogP contribution in [0.5, 0.6) is 0 Å². The van der Waals surface area contributed by atoms with Crippen molar-refractivity contribution in [1.82, 2.24) is 0 Å². The van der Waals surface area contributed by atoms with Crippen LogP contribution in [0.2, 0.25) is 0 Å². The van der Waals surface area contributed by atoms with Crippen molar-refractivity contribution in [3.8, 4) is 6.07 Å². The third kappa shape index (κ3) is 2.46. The van der Waals surface area contributed by atoms with Crippen molar-refractivity contribution in [1.29, 1.82) is 5.26 Å². The monoisotopic (exact) mass is 176 g/mol. The number of benzene rings is 1. The molecule has 0 heterocycles. The van der Waals surface area contributed by atoms with E-state index in [2.05, 4.69) is 11.4 Å². The van der Waals surface area contributed by atoms with Gasteiger partial charge in [0.15, 0.2) is 0 Å². The second-order valence-corrected chi connectivity index (χ2v) is 2.81.